The Bertz CT molecular complexity index is 360. The predicted molar refractivity (Wildman–Crippen MR) is 57.1 cm³/mol. The van der Waals surface area contributed by atoms with Crippen LogP contribution >= 0.6 is 0 Å². The molecule has 0 radical (unpaired) electrons. The lowest BCUT2D eigenvalue weighted by Gasteiger charge is -2.25. The summed E-state index contributed by atoms with van der Waals surface area (Å²) in [5.74, 6) is 2.16. The fourth-order valence-electron chi connectivity index (χ4n) is 3.52. The van der Waals surface area contributed by atoms with E-state index in [1.807, 2.05) is 13.2 Å². The van der Waals surface area contributed by atoms with Crippen LogP contribution in [0.4, 0.5) is 0 Å². The molecule has 2 fully saturated rings. The van der Waals surface area contributed by atoms with Crippen molar-refractivity contribution in [1.82, 2.24) is 9.78 Å². The molecule has 3 nitrogen and oxygen atoms in total. The maximum atomic E-state index is 10.3. The van der Waals surface area contributed by atoms with Gasteiger partial charge in [-0.1, -0.05) is 6.42 Å². The van der Waals surface area contributed by atoms with E-state index in [1.165, 1.54) is 25.7 Å². The van der Waals surface area contributed by atoms with E-state index < -0.39 is 0 Å². The highest BCUT2D eigenvalue weighted by Gasteiger charge is 2.43. The zero-order valence-electron chi connectivity index (χ0n) is 9.13. The van der Waals surface area contributed by atoms with Crippen LogP contribution in [0, 0.1) is 17.8 Å². The molecule has 0 amide bonds. The van der Waals surface area contributed by atoms with Gasteiger partial charge < -0.3 is 5.11 Å². The van der Waals surface area contributed by atoms with Crippen LogP contribution in [0.25, 0.3) is 0 Å². The minimum Gasteiger partial charge on any atom is -0.388 e. The number of fused-ring (bicyclic) bond motifs is 2. The summed E-state index contributed by atoms with van der Waals surface area (Å²) in [4.78, 5) is 0. The van der Waals surface area contributed by atoms with Crippen molar-refractivity contribution in [3.63, 3.8) is 0 Å². The van der Waals surface area contributed by atoms with E-state index in [0.29, 0.717) is 5.92 Å². The predicted octanol–water partition coefficient (Wildman–Crippen LogP) is 1.89. The van der Waals surface area contributed by atoms with Crippen LogP contribution in [0.5, 0.6) is 0 Å². The van der Waals surface area contributed by atoms with Gasteiger partial charge in [0, 0.05) is 18.8 Å². The first-order valence-corrected chi connectivity index (χ1v) is 5.90. The van der Waals surface area contributed by atoms with Crippen LogP contribution < -0.4 is 0 Å². The molecule has 2 aliphatic rings. The summed E-state index contributed by atoms with van der Waals surface area (Å²) in [6, 6.07) is 0. The average molecular weight is 206 g/mol. The summed E-state index contributed by atoms with van der Waals surface area (Å²) >= 11 is 0. The van der Waals surface area contributed by atoms with Gasteiger partial charge in [0.15, 0.2) is 0 Å². The molecule has 2 bridgehead atoms. The third-order valence-electron chi connectivity index (χ3n) is 4.26. The smallest absolute Gasteiger partial charge is 0.0851 e. The van der Waals surface area contributed by atoms with Crippen molar-refractivity contribution in [3.8, 4) is 0 Å². The zero-order chi connectivity index (χ0) is 10.4. The number of aromatic nitrogens is 2. The van der Waals surface area contributed by atoms with E-state index in [1.54, 1.807) is 10.9 Å². The summed E-state index contributed by atoms with van der Waals surface area (Å²) in [6.45, 7) is 0. The summed E-state index contributed by atoms with van der Waals surface area (Å²) in [6.07, 6.45) is 8.75. The number of rotatable bonds is 2. The standard InChI is InChI=1S/C12H18N2O/c1-14-7-10(6-13-14)12(15)11-5-8-2-3-9(11)4-8/h6-9,11-12,15H,2-5H2,1H3. The fraction of sp³-hybridized carbons (Fsp3) is 0.750. The van der Waals surface area contributed by atoms with Crippen LogP contribution in [-0.4, -0.2) is 14.9 Å². The largest absolute Gasteiger partial charge is 0.388 e. The van der Waals surface area contributed by atoms with Crippen LogP contribution in [0.2, 0.25) is 0 Å². The normalized spacial score (nSPS) is 36.0. The molecule has 2 saturated carbocycles. The molecular weight excluding hydrogens is 188 g/mol. The van der Waals surface area contributed by atoms with Crippen LogP contribution in [0.15, 0.2) is 12.4 Å². The van der Waals surface area contributed by atoms with Crippen LogP contribution in [-0.2, 0) is 7.05 Å². The van der Waals surface area contributed by atoms with E-state index in [0.717, 1.165) is 17.4 Å². The second kappa shape index (κ2) is 3.34. The Morgan fingerprint density at radius 2 is 2.33 bits per heavy atom. The minimum absolute atomic E-state index is 0.283. The van der Waals surface area contributed by atoms with Gasteiger partial charge in [-0.15, -0.1) is 0 Å². The van der Waals surface area contributed by atoms with Gasteiger partial charge in [-0.05, 0) is 37.0 Å². The summed E-state index contributed by atoms with van der Waals surface area (Å²) < 4.78 is 1.77. The highest BCUT2D eigenvalue weighted by molar-refractivity contribution is 5.11. The highest BCUT2D eigenvalue weighted by Crippen LogP contribution is 2.52. The Kier molecular flexibility index (Phi) is 2.09. The summed E-state index contributed by atoms with van der Waals surface area (Å²) in [5, 5.41) is 14.4. The maximum Gasteiger partial charge on any atom is 0.0851 e. The Hall–Kier alpha value is -0.830. The molecular formula is C12H18N2O. The molecule has 0 saturated heterocycles. The van der Waals surface area contributed by atoms with Crippen LogP contribution in [0.3, 0.4) is 0 Å². The summed E-state index contributed by atoms with van der Waals surface area (Å²) in [7, 11) is 1.90. The van der Waals surface area contributed by atoms with Crippen molar-refractivity contribution < 1.29 is 5.11 Å². The lowest BCUT2D eigenvalue weighted by molar-refractivity contribution is 0.0744. The van der Waals surface area contributed by atoms with E-state index in [-0.39, 0.29) is 6.10 Å². The van der Waals surface area contributed by atoms with Gasteiger partial charge in [-0.3, -0.25) is 4.68 Å². The second-order valence-corrected chi connectivity index (χ2v) is 5.23. The first-order valence-electron chi connectivity index (χ1n) is 5.90. The second-order valence-electron chi connectivity index (χ2n) is 5.23. The van der Waals surface area contributed by atoms with Gasteiger partial charge in [-0.2, -0.15) is 5.10 Å². The Morgan fingerprint density at radius 1 is 1.47 bits per heavy atom. The molecule has 1 aromatic rings. The van der Waals surface area contributed by atoms with Crippen molar-refractivity contribution in [1.29, 1.82) is 0 Å². The maximum absolute atomic E-state index is 10.3. The first-order chi connectivity index (χ1) is 7.24. The lowest BCUT2D eigenvalue weighted by Crippen LogP contribution is -2.18. The van der Waals surface area contributed by atoms with Crippen molar-refractivity contribution in [2.24, 2.45) is 24.8 Å². The van der Waals surface area contributed by atoms with Gasteiger partial charge in [0.2, 0.25) is 0 Å². The first kappa shape index (κ1) is 9.40. The van der Waals surface area contributed by atoms with Gasteiger partial charge in [0.1, 0.15) is 0 Å². The number of aliphatic hydroxyl groups is 1. The topological polar surface area (TPSA) is 38.0 Å². The number of hydrogen-bond donors (Lipinski definition) is 1. The molecule has 0 aromatic carbocycles. The SMILES string of the molecule is Cn1cc(C(O)C2CC3CCC2C3)cn1. The van der Waals surface area contributed by atoms with Crippen molar-refractivity contribution in [2.75, 3.05) is 0 Å². The number of nitrogens with zero attached hydrogens (tertiary/aromatic N) is 2. The Balaban J connectivity index is 1.77. The van der Waals surface area contributed by atoms with Gasteiger partial charge in [-0.25, -0.2) is 0 Å². The Labute approximate surface area is 90.1 Å². The molecule has 1 heterocycles. The van der Waals surface area contributed by atoms with Crippen molar-refractivity contribution >= 4 is 0 Å². The molecule has 0 aliphatic heterocycles. The number of aryl methyl sites for hydroxylation is 1. The molecule has 4 unspecified atom stereocenters. The van der Waals surface area contributed by atoms with E-state index in [9.17, 15) is 5.11 Å². The molecule has 82 valence electrons. The molecule has 2 aliphatic carbocycles. The summed E-state index contributed by atoms with van der Waals surface area (Å²) in [5.41, 5.74) is 0.995. The third-order valence-corrected chi connectivity index (χ3v) is 4.26. The van der Waals surface area contributed by atoms with E-state index in [4.69, 9.17) is 0 Å². The van der Waals surface area contributed by atoms with Gasteiger partial charge in [0.25, 0.3) is 0 Å². The molecule has 0 spiro atoms. The lowest BCUT2D eigenvalue weighted by atomic mass is 9.83. The minimum atomic E-state index is -0.283. The molecule has 1 N–H and O–H groups in total. The third kappa shape index (κ3) is 1.49. The van der Waals surface area contributed by atoms with Gasteiger partial charge >= 0.3 is 0 Å². The fourth-order valence-corrected chi connectivity index (χ4v) is 3.52. The molecule has 3 heteroatoms. The van der Waals surface area contributed by atoms with Crippen molar-refractivity contribution in [3.05, 3.63) is 18.0 Å². The Morgan fingerprint density at radius 3 is 2.87 bits per heavy atom. The molecule has 3 rings (SSSR count). The van der Waals surface area contributed by atoms with E-state index in [2.05, 4.69) is 5.10 Å². The van der Waals surface area contributed by atoms with E-state index >= 15 is 0 Å². The molecule has 15 heavy (non-hydrogen) atoms. The molecule has 1 aromatic heterocycles. The average Bonchev–Trinajstić information content (AvgIpc) is 2.90. The molecule has 4 atom stereocenters. The quantitative estimate of drug-likeness (QED) is 0.802. The van der Waals surface area contributed by atoms with Crippen molar-refractivity contribution in [2.45, 2.75) is 31.8 Å². The van der Waals surface area contributed by atoms with Crippen LogP contribution in [0.1, 0.15) is 37.4 Å². The number of hydrogen-bond acceptors (Lipinski definition) is 2. The number of aliphatic hydroxyl groups excluding tert-OH is 1. The highest BCUT2D eigenvalue weighted by atomic mass is 16.3. The monoisotopic (exact) mass is 206 g/mol. The zero-order valence-corrected chi connectivity index (χ0v) is 9.13. The van der Waals surface area contributed by atoms with Gasteiger partial charge in [0.05, 0.1) is 12.3 Å².